The number of carboxylic acid groups (broad SMARTS) is 1. The second-order valence-corrected chi connectivity index (χ2v) is 10.0. The summed E-state index contributed by atoms with van der Waals surface area (Å²) in [5.74, 6) is -5.06. The first-order valence-corrected chi connectivity index (χ1v) is 11.9. The molecule has 3 N–H and O–H groups in total. The minimum absolute atomic E-state index is 0.0430. The Morgan fingerprint density at radius 2 is 1.97 bits per heavy atom. The van der Waals surface area contributed by atoms with Gasteiger partial charge in [-0.3, -0.25) is 9.59 Å². The molecule has 3 heterocycles. The van der Waals surface area contributed by atoms with E-state index in [1.807, 2.05) is 0 Å². The zero-order valence-corrected chi connectivity index (χ0v) is 18.7. The van der Waals surface area contributed by atoms with Gasteiger partial charge in [0.25, 0.3) is 11.8 Å². The number of nitrogens with one attached hydrogen (secondary N) is 2. The fourth-order valence-electron chi connectivity index (χ4n) is 3.79. The van der Waals surface area contributed by atoms with E-state index in [-0.39, 0.29) is 23.4 Å². The lowest BCUT2D eigenvalue weighted by molar-refractivity contribution is -0.136. The summed E-state index contributed by atoms with van der Waals surface area (Å²) in [5.41, 5.74) is 1.12. The molecule has 1 atom stereocenters. The molecule has 1 fully saturated rings. The molecule has 0 radical (unpaired) electrons. The molecule has 1 aliphatic rings. The molecule has 1 aliphatic heterocycles. The fraction of sp³-hybridized carbons (Fsp3) is 0.318. The number of sulfonamides is 1. The molecule has 0 aliphatic carbocycles. The first-order chi connectivity index (χ1) is 16.1. The number of halogens is 2. The topological polar surface area (TPSA) is 132 Å². The largest absolute Gasteiger partial charge is 0.481 e. The van der Waals surface area contributed by atoms with E-state index in [0.29, 0.717) is 16.6 Å². The number of rotatable bonds is 7. The third-order valence-electron chi connectivity index (χ3n) is 5.72. The normalized spacial score (nSPS) is 18.6. The number of alkyl halides is 2. The number of carbonyl (C=O) groups excluding carboxylic acids is 1. The van der Waals surface area contributed by atoms with Crippen LogP contribution in [0.15, 0.2) is 53.6 Å². The number of fused-ring (bicyclic) bond motifs is 1. The summed E-state index contributed by atoms with van der Waals surface area (Å²) in [7, 11) is -4.10. The van der Waals surface area contributed by atoms with Crippen LogP contribution in [0.4, 0.5) is 8.78 Å². The number of carboxylic acids is 1. The molecule has 0 bridgehead atoms. The number of benzene rings is 1. The number of aromatic amines is 1. The number of hydrogen-bond donors (Lipinski definition) is 3. The maximum Gasteiger partial charge on any atom is 0.303 e. The third kappa shape index (κ3) is 4.92. The van der Waals surface area contributed by atoms with Gasteiger partial charge in [0.15, 0.2) is 0 Å². The molecule has 34 heavy (non-hydrogen) atoms. The second-order valence-electron chi connectivity index (χ2n) is 8.06. The first kappa shape index (κ1) is 23.8. The maximum atomic E-state index is 14.6. The Kier molecular flexibility index (Phi) is 6.36. The van der Waals surface area contributed by atoms with Crippen LogP contribution in [0.2, 0.25) is 0 Å². The van der Waals surface area contributed by atoms with Crippen molar-refractivity contribution in [2.24, 2.45) is 0 Å². The lowest BCUT2D eigenvalue weighted by Gasteiger charge is -2.37. The Bertz CT molecular complexity index is 1290. The Morgan fingerprint density at radius 3 is 2.65 bits per heavy atom. The van der Waals surface area contributed by atoms with Gasteiger partial charge in [0.05, 0.1) is 4.90 Å². The van der Waals surface area contributed by atoms with Crippen LogP contribution < -0.4 is 5.32 Å². The number of nitrogens with zero attached hydrogens (tertiary/aromatic N) is 2. The summed E-state index contributed by atoms with van der Waals surface area (Å²) in [6.45, 7) is -1.00. The van der Waals surface area contributed by atoms with Gasteiger partial charge in [-0.05, 0) is 42.3 Å². The SMILES string of the molecule is O=C(O)CCc1ccc(S(=O)(=O)N2CCC(F)(F)C(NC(=O)c3cc4cccnc4[nH]3)C2)cc1. The van der Waals surface area contributed by atoms with Gasteiger partial charge in [0.1, 0.15) is 17.4 Å². The Hall–Kier alpha value is -3.38. The van der Waals surface area contributed by atoms with E-state index in [9.17, 15) is 26.8 Å². The lowest BCUT2D eigenvalue weighted by atomic mass is 10.0. The number of aromatic nitrogens is 2. The number of aliphatic carboxylic acids is 1. The molecular formula is C22H22F2N4O5S. The number of amides is 1. The van der Waals surface area contributed by atoms with Crippen molar-refractivity contribution in [3.05, 3.63) is 59.9 Å². The summed E-state index contributed by atoms with van der Waals surface area (Å²) >= 11 is 0. The smallest absolute Gasteiger partial charge is 0.303 e. The van der Waals surface area contributed by atoms with Gasteiger partial charge in [0.2, 0.25) is 10.0 Å². The standard InChI is InChI=1S/C22H22F2N4O5S/c23-22(24)9-11-28(34(32,33)16-6-3-14(4-7-16)5-8-19(29)30)13-18(22)27-21(31)17-12-15-2-1-10-25-20(15)26-17/h1-4,6-7,10,12,18H,5,8-9,11,13H2,(H,25,26)(H,27,31)(H,29,30). The summed E-state index contributed by atoms with van der Waals surface area (Å²) < 4.78 is 56.3. The maximum absolute atomic E-state index is 14.6. The van der Waals surface area contributed by atoms with Gasteiger partial charge in [-0.2, -0.15) is 4.31 Å². The predicted octanol–water partition coefficient (Wildman–Crippen LogP) is 2.41. The van der Waals surface area contributed by atoms with Crippen LogP contribution in [0.1, 0.15) is 28.9 Å². The quantitative estimate of drug-likeness (QED) is 0.464. The molecule has 4 rings (SSSR count). The lowest BCUT2D eigenvalue weighted by Crippen LogP contribution is -2.59. The van der Waals surface area contributed by atoms with Crippen molar-refractivity contribution in [1.29, 1.82) is 0 Å². The highest BCUT2D eigenvalue weighted by molar-refractivity contribution is 7.89. The van der Waals surface area contributed by atoms with E-state index in [0.717, 1.165) is 4.31 Å². The Morgan fingerprint density at radius 1 is 1.24 bits per heavy atom. The van der Waals surface area contributed by atoms with Gasteiger partial charge >= 0.3 is 5.97 Å². The number of aryl methyl sites for hydroxylation is 1. The molecule has 1 aromatic carbocycles. The van der Waals surface area contributed by atoms with Gasteiger partial charge < -0.3 is 15.4 Å². The molecule has 12 heteroatoms. The zero-order chi connectivity index (χ0) is 24.5. The fourth-order valence-corrected chi connectivity index (χ4v) is 5.25. The molecule has 2 aromatic heterocycles. The van der Waals surface area contributed by atoms with Crippen LogP contribution in [0.3, 0.4) is 0 Å². The molecule has 0 saturated carbocycles. The number of piperidine rings is 1. The van der Waals surface area contributed by atoms with Crippen LogP contribution in [-0.4, -0.2) is 64.7 Å². The van der Waals surface area contributed by atoms with E-state index in [1.54, 1.807) is 12.1 Å². The first-order valence-electron chi connectivity index (χ1n) is 10.5. The van der Waals surface area contributed by atoms with Gasteiger partial charge in [-0.25, -0.2) is 22.2 Å². The summed E-state index contributed by atoms with van der Waals surface area (Å²) in [6, 6.07) is 8.79. The van der Waals surface area contributed by atoms with Crippen LogP contribution in [0.25, 0.3) is 11.0 Å². The van der Waals surface area contributed by atoms with Crippen molar-refractivity contribution in [2.75, 3.05) is 13.1 Å². The van der Waals surface area contributed by atoms with Crippen molar-refractivity contribution < 1.29 is 31.9 Å². The van der Waals surface area contributed by atoms with Gasteiger partial charge in [-0.15, -0.1) is 0 Å². The number of carbonyl (C=O) groups is 2. The predicted molar refractivity (Wildman–Crippen MR) is 118 cm³/mol. The molecule has 9 nitrogen and oxygen atoms in total. The second kappa shape index (κ2) is 9.11. The van der Waals surface area contributed by atoms with E-state index in [2.05, 4.69) is 15.3 Å². The van der Waals surface area contributed by atoms with E-state index >= 15 is 0 Å². The number of pyridine rings is 1. The average molecular weight is 493 g/mol. The minimum Gasteiger partial charge on any atom is -0.481 e. The van der Waals surface area contributed by atoms with Crippen LogP contribution in [0.5, 0.6) is 0 Å². The number of hydrogen-bond acceptors (Lipinski definition) is 5. The van der Waals surface area contributed by atoms with Crippen molar-refractivity contribution in [3.63, 3.8) is 0 Å². The van der Waals surface area contributed by atoms with Crippen molar-refractivity contribution in [2.45, 2.75) is 36.1 Å². The highest BCUT2D eigenvalue weighted by Gasteiger charge is 2.47. The highest BCUT2D eigenvalue weighted by Crippen LogP contribution is 2.31. The molecule has 1 saturated heterocycles. The van der Waals surface area contributed by atoms with Crippen LogP contribution in [-0.2, 0) is 21.2 Å². The zero-order valence-electron chi connectivity index (χ0n) is 17.9. The summed E-state index contributed by atoms with van der Waals surface area (Å²) in [5, 5.41) is 11.7. The Balaban J connectivity index is 1.49. The molecule has 3 aromatic rings. The average Bonchev–Trinajstić information content (AvgIpc) is 3.23. The molecule has 180 valence electrons. The molecule has 0 spiro atoms. The molecule has 1 unspecified atom stereocenters. The summed E-state index contributed by atoms with van der Waals surface area (Å²) in [6.07, 6.45) is 0.920. The highest BCUT2D eigenvalue weighted by atomic mass is 32.2. The van der Waals surface area contributed by atoms with Crippen LogP contribution in [0, 0.1) is 0 Å². The third-order valence-corrected chi connectivity index (χ3v) is 7.60. The van der Waals surface area contributed by atoms with Crippen molar-refractivity contribution in [3.8, 4) is 0 Å². The monoisotopic (exact) mass is 492 g/mol. The van der Waals surface area contributed by atoms with Crippen LogP contribution >= 0.6 is 0 Å². The van der Waals surface area contributed by atoms with E-state index < -0.39 is 53.4 Å². The molecular weight excluding hydrogens is 470 g/mol. The van der Waals surface area contributed by atoms with Gasteiger partial charge in [-0.1, -0.05) is 12.1 Å². The van der Waals surface area contributed by atoms with E-state index in [1.165, 1.54) is 36.5 Å². The summed E-state index contributed by atoms with van der Waals surface area (Å²) in [4.78, 5) is 30.1. The number of H-pyrrole nitrogens is 1. The van der Waals surface area contributed by atoms with E-state index in [4.69, 9.17) is 5.11 Å². The molecule has 1 amide bonds. The minimum atomic E-state index is -4.10. The van der Waals surface area contributed by atoms with Gasteiger partial charge in [0, 0.05) is 37.5 Å². The van der Waals surface area contributed by atoms with Crippen molar-refractivity contribution in [1.82, 2.24) is 19.6 Å². The van der Waals surface area contributed by atoms with Crippen molar-refractivity contribution >= 4 is 32.9 Å². The Labute approximate surface area is 193 Å².